The molecule has 2 rings (SSSR count). The van der Waals surface area contributed by atoms with E-state index >= 15 is 0 Å². The predicted molar refractivity (Wildman–Crippen MR) is 84.9 cm³/mol. The molecule has 1 fully saturated rings. The van der Waals surface area contributed by atoms with Gasteiger partial charge in [-0.05, 0) is 31.8 Å². The van der Waals surface area contributed by atoms with Gasteiger partial charge in [0.2, 0.25) is 0 Å². The van der Waals surface area contributed by atoms with E-state index in [0.717, 1.165) is 18.2 Å². The average Bonchev–Trinajstić information content (AvgIpc) is 3.03. The number of hydrogen-bond acceptors (Lipinski definition) is 4. The third kappa shape index (κ3) is 4.01. The minimum atomic E-state index is -0.795. The van der Waals surface area contributed by atoms with Crippen molar-refractivity contribution in [3.05, 3.63) is 11.9 Å². The number of imidazole rings is 1. The van der Waals surface area contributed by atoms with Crippen molar-refractivity contribution in [2.24, 2.45) is 0 Å². The lowest BCUT2D eigenvalue weighted by atomic mass is 10.1. The van der Waals surface area contributed by atoms with Crippen LogP contribution in [0.3, 0.4) is 0 Å². The van der Waals surface area contributed by atoms with Crippen LogP contribution in [0.5, 0.6) is 0 Å². The number of carboxylic acids is 1. The quantitative estimate of drug-likeness (QED) is 0.785. The molecule has 1 aliphatic rings. The summed E-state index contributed by atoms with van der Waals surface area (Å²) in [5.74, 6) is -0.332. The van der Waals surface area contributed by atoms with Crippen molar-refractivity contribution < 1.29 is 9.90 Å². The lowest BCUT2D eigenvalue weighted by Crippen LogP contribution is -2.33. The predicted octanol–water partition coefficient (Wildman–Crippen LogP) is 2.67. The zero-order valence-electron chi connectivity index (χ0n) is 13.1. The van der Waals surface area contributed by atoms with Crippen LogP contribution in [0.4, 0.5) is 0 Å². The molecule has 0 aliphatic carbocycles. The van der Waals surface area contributed by atoms with Gasteiger partial charge in [-0.3, -0.25) is 9.69 Å². The van der Waals surface area contributed by atoms with E-state index in [0.29, 0.717) is 12.0 Å². The first-order valence-electron chi connectivity index (χ1n) is 7.67. The van der Waals surface area contributed by atoms with Gasteiger partial charge in [-0.1, -0.05) is 32.5 Å². The van der Waals surface area contributed by atoms with E-state index in [-0.39, 0.29) is 5.75 Å². The van der Waals surface area contributed by atoms with E-state index in [1.807, 2.05) is 6.20 Å². The number of likely N-dealkylation sites (tertiary alicyclic amines) is 1. The molecule has 1 aromatic heterocycles. The van der Waals surface area contributed by atoms with Gasteiger partial charge in [0, 0.05) is 24.5 Å². The molecule has 0 spiro atoms. The molecule has 6 heteroatoms. The number of carbonyl (C=O) groups is 1. The molecule has 2 heterocycles. The zero-order valence-corrected chi connectivity index (χ0v) is 13.9. The molecule has 118 valence electrons. The van der Waals surface area contributed by atoms with Crippen molar-refractivity contribution in [3.8, 4) is 0 Å². The largest absolute Gasteiger partial charge is 0.481 e. The van der Waals surface area contributed by atoms with Gasteiger partial charge >= 0.3 is 5.97 Å². The number of thioether (sulfide) groups is 1. The topological polar surface area (TPSA) is 58.4 Å². The molecule has 1 saturated heterocycles. The summed E-state index contributed by atoms with van der Waals surface area (Å²) in [6, 6.07) is 0.547. The lowest BCUT2D eigenvalue weighted by Gasteiger charge is -2.25. The summed E-state index contributed by atoms with van der Waals surface area (Å²) in [6.45, 7) is 9.69. The number of likely N-dealkylation sites (N-methyl/N-ethyl adjacent to an activating group) is 1. The summed E-state index contributed by atoms with van der Waals surface area (Å²) in [5.41, 5.74) is 1.20. The summed E-state index contributed by atoms with van der Waals surface area (Å²) in [6.07, 6.45) is 4.37. The van der Waals surface area contributed by atoms with E-state index in [4.69, 9.17) is 5.11 Å². The molecule has 1 aliphatic heterocycles. The summed E-state index contributed by atoms with van der Waals surface area (Å²) >= 11 is 1.32. The standard InChI is InChI=1S/C15H25N3O2S/c1-4-17-7-5-6-12(17)9-18-13(11(2)3)8-16-15(18)21-10-14(19)20/h8,11-12H,4-7,9-10H2,1-3H3,(H,19,20). The number of nitrogens with zero attached hydrogens (tertiary/aromatic N) is 3. The number of carboxylic acid groups (broad SMARTS) is 1. The highest BCUT2D eigenvalue weighted by atomic mass is 32.2. The number of aromatic nitrogens is 2. The summed E-state index contributed by atoms with van der Waals surface area (Å²) in [4.78, 5) is 17.8. The van der Waals surface area contributed by atoms with Crippen molar-refractivity contribution in [1.29, 1.82) is 0 Å². The molecule has 1 unspecified atom stereocenters. The fourth-order valence-corrected chi connectivity index (χ4v) is 3.70. The molecular formula is C15H25N3O2S. The molecule has 0 saturated carbocycles. The van der Waals surface area contributed by atoms with Gasteiger partial charge in [-0.25, -0.2) is 4.98 Å². The Labute approximate surface area is 130 Å². The second kappa shape index (κ2) is 7.31. The second-order valence-corrected chi connectivity index (χ2v) is 6.78. The zero-order chi connectivity index (χ0) is 15.4. The molecule has 0 bridgehead atoms. The highest BCUT2D eigenvalue weighted by molar-refractivity contribution is 7.99. The van der Waals surface area contributed by atoms with Crippen molar-refractivity contribution in [2.75, 3.05) is 18.8 Å². The van der Waals surface area contributed by atoms with Crippen LogP contribution in [-0.2, 0) is 11.3 Å². The number of hydrogen-bond donors (Lipinski definition) is 1. The lowest BCUT2D eigenvalue weighted by molar-refractivity contribution is -0.133. The van der Waals surface area contributed by atoms with Gasteiger partial charge in [0.1, 0.15) is 0 Å². The highest BCUT2D eigenvalue weighted by Crippen LogP contribution is 2.27. The molecule has 1 N–H and O–H groups in total. The highest BCUT2D eigenvalue weighted by Gasteiger charge is 2.25. The molecule has 21 heavy (non-hydrogen) atoms. The first-order valence-corrected chi connectivity index (χ1v) is 8.65. The van der Waals surface area contributed by atoms with Gasteiger partial charge in [0.05, 0.1) is 5.75 Å². The SMILES string of the molecule is CCN1CCCC1Cn1c(C(C)C)cnc1SCC(=O)O. The van der Waals surface area contributed by atoms with Gasteiger partial charge in [-0.2, -0.15) is 0 Å². The van der Waals surface area contributed by atoms with Crippen molar-refractivity contribution in [2.45, 2.75) is 57.3 Å². The summed E-state index contributed by atoms with van der Waals surface area (Å²) < 4.78 is 2.23. The Morgan fingerprint density at radius 2 is 2.33 bits per heavy atom. The molecule has 0 aromatic carbocycles. The third-order valence-corrected chi connectivity index (χ3v) is 5.04. The Balaban J connectivity index is 2.17. The Kier molecular flexibility index (Phi) is 5.70. The van der Waals surface area contributed by atoms with Crippen LogP contribution in [0.15, 0.2) is 11.4 Å². The minimum absolute atomic E-state index is 0.0662. The van der Waals surface area contributed by atoms with Crippen LogP contribution >= 0.6 is 11.8 Å². The normalized spacial score (nSPS) is 19.5. The van der Waals surface area contributed by atoms with Crippen molar-refractivity contribution in [3.63, 3.8) is 0 Å². The number of aliphatic carboxylic acids is 1. The third-order valence-electron chi connectivity index (χ3n) is 4.06. The van der Waals surface area contributed by atoms with Crippen LogP contribution in [-0.4, -0.2) is 50.4 Å². The first-order chi connectivity index (χ1) is 10.0. The fourth-order valence-electron chi connectivity index (χ4n) is 2.99. The van der Waals surface area contributed by atoms with Crippen LogP contribution in [0.25, 0.3) is 0 Å². The van der Waals surface area contributed by atoms with Crippen LogP contribution in [0, 0.1) is 0 Å². The molecule has 1 aromatic rings. The van der Waals surface area contributed by atoms with Gasteiger partial charge in [-0.15, -0.1) is 0 Å². The maximum atomic E-state index is 10.8. The van der Waals surface area contributed by atoms with Gasteiger partial charge in [0.15, 0.2) is 5.16 Å². The summed E-state index contributed by atoms with van der Waals surface area (Å²) in [7, 11) is 0. The van der Waals surface area contributed by atoms with Crippen molar-refractivity contribution >= 4 is 17.7 Å². The Morgan fingerprint density at radius 3 is 2.95 bits per heavy atom. The Bertz CT molecular complexity index is 487. The smallest absolute Gasteiger partial charge is 0.313 e. The molecule has 0 radical (unpaired) electrons. The van der Waals surface area contributed by atoms with Gasteiger partial charge < -0.3 is 9.67 Å². The first kappa shape index (κ1) is 16.4. The van der Waals surface area contributed by atoms with E-state index in [2.05, 4.69) is 35.2 Å². The van der Waals surface area contributed by atoms with E-state index in [1.54, 1.807) is 0 Å². The molecule has 1 atom stereocenters. The van der Waals surface area contributed by atoms with E-state index in [9.17, 15) is 4.79 Å². The molecule has 5 nitrogen and oxygen atoms in total. The van der Waals surface area contributed by atoms with Gasteiger partial charge in [0.25, 0.3) is 0 Å². The minimum Gasteiger partial charge on any atom is -0.481 e. The second-order valence-electron chi connectivity index (χ2n) is 5.84. The van der Waals surface area contributed by atoms with Crippen LogP contribution in [0.1, 0.15) is 45.2 Å². The number of rotatable bonds is 7. The monoisotopic (exact) mass is 311 g/mol. The average molecular weight is 311 g/mol. The Hall–Kier alpha value is -1.01. The van der Waals surface area contributed by atoms with Crippen LogP contribution < -0.4 is 0 Å². The van der Waals surface area contributed by atoms with Crippen LogP contribution in [0.2, 0.25) is 0 Å². The van der Waals surface area contributed by atoms with E-state index < -0.39 is 5.97 Å². The Morgan fingerprint density at radius 1 is 1.57 bits per heavy atom. The maximum absolute atomic E-state index is 10.8. The fraction of sp³-hybridized carbons (Fsp3) is 0.733. The maximum Gasteiger partial charge on any atom is 0.313 e. The molecular weight excluding hydrogens is 286 g/mol. The molecule has 0 amide bonds. The van der Waals surface area contributed by atoms with Crippen molar-refractivity contribution in [1.82, 2.24) is 14.5 Å². The summed E-state index contributed by atoms with van der Waals surface area (Å²) in [5, 5.41) is 9.72. The van der Waals surface area contributed by atoms with E-state index in [1.165, 1.54) is 36.8 Å².